The molecular formula is C7H11NO. The average molecular weight is 125 g/mol. The SMILES string of the molecule is CC.[O-][n+]1ccccc1. The molecule has 1 aromatic heterocycles. The van der Waals surface area contributed by atoms with Gasteiger partial charge in [0.05, 0.1) is 0 Å². The Hall–Kier alpha value is -1.05. The first-order chi connectivity index (χ1) is 4.39. The van der Waals surface area contributed by atoms with Crippen LogP contribution >= 0.6 is 0 Å². The van der Waals surface area contributed by atoms with Gasteiger partial charge in [-0.3, -0.25) is 0 Å². The molecule has 1 heterocycles. The maximum atomic E-state index is 10.2. The van der Waals surface area contributed by atoms with Crippen molar-refractivity contribution in [3.63, 3.8) is 0 Å². The van der Waals surface area contributed by atoms with Gasteiger partial charge in [0.15, 0.2) is 12.4 Å². The number of rotatable bonds is 0. The summed E-state index contributed by atoms with van der Waals surface area (Å²) in [6.07, 6.45) is 2.89. The Morgan fingerprint density at radius 1 is 1.00 bits per heavy atom. The van der Waals surface area contributed by atoms with Crippen LogP contribution in [-0.4, -0.2) is 0 Å². The van der Waals surface area contributed by atoms with Gasteiger partial charge in [0.1, 0.15) is 0 Å². The minimum Gasteiger partial charge on any atom is -0.619 e. The molecule has 0 unspecified atom stereocenters. The van der Waals surface area contributed by atoms with Crippen LogP contribution in [-0.2, 0) is 0 Å². The standard InChI is InChI=1S/C5H5NO.C2H6/c7-6-4-2-1-3-5-6;1-2/h1-5H;1-2H3. The van der Waals surface area contributed by atoms with E-state index in [1.165, 1.54) is 12.4 Å². The number of hydrogen-bond donors (Lipinski definition) is 0. The highest BCUT2D eigenvalue weighted by molar-refractivity contribution is 4.83. The summed E-state index contributed by atoms with van der Waals surface area (Å²) in [5, 5.41) is 10.2. The molecule has 0 fully saturated rings. The predicted octanol–water partition coefficient (Wildman–Crippen LogP) is 1.35. The summed E-state index contributed by atoms with van der Waals surface area (Å²) in [6.45, 7) is 4.00. The molecule has 0 atom stereocenters. The van der Waals surface area contributed by atoms with E-state index < -0.39 is 0 Å². The fourth-order valence-corrected chi connectivity index (χ4v) is 0.383. The minimum atomic E-state index is 0.750. The van der Waals surface area contributed by atoms with Crippen molar-refractivity contribution in [3.05, 3.63) is 35.8 Å². The van der Waals surface area contributed by atoms with Gasteiger partial charge in [0.2, 0.25) is 0 Å². The zero-order valence-electron chi connectivity index (χ0n) is 5.74. The summed E-state index contributed by atoms with van der Waals surface area (Å²) in [6, 6.07) is 5.18. The summed E-state index contributed by atoms with van der Waals surface area (Å²) < 4.78 is 0.750. The van der Waals surface area contributed by atoms with E-state index in [9.17, 15) is 5.21 Å². The molecule has 0 aromatic carbocycles. The van der Waals surface area contributed by atoms with Crippen LogP contribution in [0, 0.1) is 5.21 Å². The van der Waals surface area contributed by atoms with E-state index in [1.54, 1.807) is 18.2 Å². The highest BCUT2D eigenvalue weighted by atomic mass is 16.5. The normalized spacial score (nSPS) is 7.33. The predicted molar refractivity (Wildman–Crippen MR) is 36.8 cm³/mol. The molecule has 0 aliphatic rings. The van der Waals surface area contributed by atoms with Gasteiger partial charge in [0.25, 0.3) is 0 Å². The monoisotopic (exact) mass is 125 g/mol. The van der Waals surface area contributed by atoms with Crippen LogP contribution in [0.1, 0.15) is 13.8 Å². The number of hydrogen-bond acceptors (Lipinski definition) is 1. The third-order valence-electron chi connectivity index (χ3n) is 0.688. The second-order valence-corrected chi connectivity index (χ2v) is 1.24. The maximum absolute atomic E-state index is 10.2. The molecule has 1 rings (SSSR count). The zero-order chi connectivity index (χ0) is 7.11. The summed E-state index contributed by atoms with van der Waals surface area (Å²) >= 11 is 0. The molecule has 0 aliphatic carbocycles. The van der Waals surface area contributed by atoms with Crippen LogP contribution in [0.5, 0.6) is 0 Å². The Kier molecular flexibility index (Phi) is 4.50. The summed E-state index contributed by atoms with van der Waals surface area (Å²) in [5.74, 6) is 0. The van der Waals surface area contributed by atoms with E-state index in [2.05, 4.69) is 0 Å². The van der Waals surface area contributed by atoms with Crippen LogP contribution in [0.15, 0.2) is 30.6 Å². The van der Waals surface area contributed by atoms with Crippen LogP contribution in [0.4, 0.5) is 0 Å². The molecule has 2 heteroatoms. The second-order valence-electron chi connectivity index (χ2n) is 1.24. The Morgan fingerprint density at radius 3 is 1.67 bits per heavy atom. The Bertz CT molecular complexity index is 139. The average Bonchev–Trinajstić information content (AvgIpc) is 1.94. The smallest absolute Gasteiger partial charge is 0.180 e. The first-order valence-electron chi connectivity index (χ1n) is 3.03. The third-order valence-corrected chi connectivity index (χ3v) is 0.688. The topological polar surface area (TPSA) is 26.9 Å². The molecule has 0 saturated carbocycles. The number of pyridine rings is 1. The molecule has 0 spiro atoms. The van der Waals surface area contributed by atoms with Crippen LogP contribution < -0.4 is 4.73 Å². The van der Waals surface area contributed by atoms with Gasteiger partial charge in [-0.2, -0.15) is 4.73 Å². The van der Waals surface area contributed by atoms with Gasteiger partial charge in [-0.15, -0.1) is 0 Å². The van der Waals surface area contributed by atoms with Crippen molar-refractivity contribution in [1.82, 2.24) is 0 Å². The summed E-state index contributed by atoms with van der Waals surface area (Å²) in [4.78, 5) is 0. The van der Waals surface area contributed by atoms with Crippen molar-refractivity contribution in [1.29, 1.82) is 0 Å². The van der Waals surface area contributed by atoms with Crippen LogP contribution in [0.3, 0.4) is 0 Å². The van der Waals surface area contributed by atoms with Crippen LogP contribution in [0.2, 0.25) is 0 Å². The van der Waals surface area contributed by atoms with Gasteiger partial charge in [0, 0.05) is 12.1 Å². The number of nitrogens with zero attached hydrogens (tertiary/aromatic N) is 1. The van der Waals surface area contributed by atoms with E-state index in [-0.39, 0.29) is 0 Å². The van der Waals surface area contributed by atoms with Crippen molar-refractivity contribution >= 4 is 0 Å². The molecule has 1 aromatic rings. The lowest BCUT2D eigenvalue weighted by Gasteiger charge is -1.88. The highest BCUT2D eigenvalue weighted by Gasteiger charge is 1.74. The van der Waals surface area contributed by atoms with Crippen molar-refractivity contribution in [2.24, 2.45) is 0 Å². The van der Waals surface area contributed by atoms with Gasteiger partial charge in [-0.25, -0.2) is 0 Å². The Morgan fingerprint density at radius 2 is 1.44 bits per heavy atom. The Balaban J connectivity index is 0.000000291. The molecule has 0 saturated heterocycles. The largest absolute Gasteiger partial charge is 0.619 e. The van der Waals surface area contributed by atoms with Crippen molar-refractivity contribution in [3.8, 4) is 0 Å². The summed E-state index contributed by atoms with van der Waals surface area (Å²) in [5.41, 5.74) is 0. The fourth-order valence-electron chi connectivity index (χ4n) is 0.383. The van der Waals surface area contributed by atoms with Gasteiger partial charge >= 0.3 is 0 Å². The van der Waals surface area contributed by atoms with E-state index >= 15 is 0 Å². The van der Waals surface area contributed by atoms with E-state index in [0.717, 1.165) is 4.73 Å². The lowest BCUT2D eigenvalue weighted by Crippen LogP contribution is -2.22. The maximum Gasteiger partial charge on any atom is 0.180 e. The quantitative estimate of drug-likeness (QED) is 0.379. The molecule has 2 nitrogen and oxygen atoms in total. The lowest BCUT2D eigenvalue weighted by molar-refractivity contribution is -0.605. The van der Waals surface area contributed by atoms with Crippen molar-refractivity contribution in [2.45, 2.75) is 13.8 Å². The first kappa shape index (κ1) is 7.95. The lowest BCUT2D eigenvalue weighted by atomic mass is 10.5. The molecule has 0 bridgehead atoms. The van der Waals surface area contributed by atoms with E-state index in [0.29, 0.717) is 0 Å². The van der Waals surface area contributed by atoms with E-state index in [4.69, 9.17) is 0 Å². The first-order valence-corrected chi connectivity index (χ1v) is 3.03. The molecule has 50 valence electrons. The van der Waals surface area contributed by atoms with Gasteiger partial charge in [-0.1, -0.05) is 19.9 Å². The second kappa shape index (κ2) is 5.09. The van der Waals surface area contributed by atoms with Gasteiger partial charge in [-0.05, 0) is 0 Å². The zero-order valence-corrected chi connectivity index (χ0v) is 5.74. The van der Waals surface area contributed by atoms with E-state index in [1.807, 2.05) is 13.8 Å². The minimum absolute atomic E-state index is 0.750. The number of aromatic nitrogens is 1. The third kappa shape index (κ3) is 3.53. The van der Waals surface area contributed by atoms with Gasteiger partial charge < -0.3 is 5.21 Å². The van der Waals surface area contributed by atoms with Crippen molar-refractivity contribution in [2.75, 3.05) is 0 Å². The fraction of sp³-hybridized carbons (Fsp3) is 0.286. The van der Waals surface area contributed by atoms with Crippen molar-refractivity contribution < 1.29 is 4.73 Å². The molecule has 0 radical (unpaired) electrons. The molecule has 9 heavy (non-hydrogen) atoms. The molecule has 0 aliphatic heterocycles. The Labute approximate surface area is 55.3 Å². The molecule has 0 amide bonds. The highest BCUT2D eigenvalue weighted by Crippen LogP contribution is 1.72. The summed E-state index contributed by atoms with van der Waals surface area (Å²) in [7, 11) is 0. The molecule has 0 N–H and O–H groups in total. The molecular weight excluding hydrogens is 114 g/mol. The van der Waals surface area contributed by atoms with Crippen LogP contribution in [0.25, 0.3) is 0 Å².